The molecule has 0 bridgehead atoms. The molecule has 0 aliphatic rings. The SMILES string of the molecule is COc1cc(C)c(S(=O)(=O)N(C)Cc2cc(C(=O)NCCc3ccc(CNCC(C)C)cc3)co2)c(C)c1. The zero-order valence-electron chi connectivity index (χ0n) is 23.1. The predicted molar refractivity (Wildman–Crippen MR) is 149 cm³/mol. The monoisotopic (exact) mass is 541 g/mol. The van der Waals surface area contributed by atoms with Gasteiger partial charge in [0.1, 0.15) is 17.8 Å². The fourth-order valence-electron chi connectivity index (χ4n) is 4.23. The highest BCUT2D eigenvalue weighted by molar-refractivity contribution is 7.89. The number of nitrogens with one attached hydrogen (secondary N) is 2. The second kappa shape index (κ2) is 13.1. The Kier molecular flexibility index (Phi) is 10.1. The molecular weight excluding hydrogens is 502 g/mol. The van der Waals surface area contributed by atoms with E-state index in [4.69, 9.17) is 9.15 Å². The van der Waals surface area contributed by atoms with Crippen LogP contribution in [0.2, 0.25) is 0 Å². The molecule has 0 aliphatic heterocycles. The minimum Gasteiger partial charge on any atom is -0.497 e. The van der Waals surface area contributed by atoms with Crippen molar-refractivity contribution in [3.8, 4) is 5.75 Å². The van der Waals surface area contributed by atoms with E-state index >= 15 is 0 Å². The van der Waals surface area contributed by atoms with Crippen molar-refractivity contribution in [2.24, 2.45) is 5.92 Å². The van der Waals surface area contributed by atoms with Gasteiger partial charge in [0.25, 0.3) is 5.91 Å². The molecule has 0 aliphatic carbocycles. The van der Waals surface area contributed by atoms with Crippen molar-refractivity contribution in [1.29, 1.82) is 0 Å². The van der Waals surface area contributed by atoms with Gasteiger partial charge in [0.05, 0.1) is 24.1 Å². The molecule has 9 heteroatoms. The number of hydrogen-bond donors (Lipinski definition) is 2. The third-order valence-electron chi connectivity index (χ3n) is 6.24. The van der Waals surface area contributed by atoms with E-state index in [-0.39, 0.29) is 17.3 Å². The van der Waals surface area contributed by atoms with Crippen LogP contribution in [-0.4, -0.2) is 45.9 Å². The Morgan fingerprint density at radius 2 is 1.68 bits per heavy atom. The lowest BCUT2D eigenvalue weighted by molar-refractivity contribution is 0.0953. The van der Waals surface area contributed by atoms with Crippen molar-refractivity contribution in [2.75, 3.05) is 27.2 Å². The maximum absolute atomic E-state index is 13.3. The number of hydrogen-bond acceptors (Lipinski definition) is 6. The Hall–Kier alpha value is -3.14. The van der Waals surface area contributed by atoms with Crippen LogP contribution in [0.3, 0.4) is 0 Å². The number of rotatable bonds is 13. The maximum atomic E-state index is 13.3. The van der Waals surface area contributed by atoms with E-state index < -0.39 is 10.0 Å². The molecule has 3 aromatic rings. The first kappa shape index (κ1) is 29.4. The van der Waals surface area contributed by atoms with Crippen molar-refractivity contribution >= 4 is 15.9 Å². The van der Waals surface area contributed by atoms with Crippen LogP contribution in [0.25, 0.3) is 0 Å². The molecule has 0 saturated carbocycles. The average molecular weight is 542 g/mol. The molecule has 2 N–H and O–H groups in total. The summed E-state index contributed by atoms with van der Waals surface area (Å²) in [5.41, 5.74) is 3.93. The summed E-state index contributed by atoms with van der Waals surface area (Å²) in [6, 6.07) is 13.3. The Morgan fingerprint density at radius 1 is 1.05 bits per heavy atom. The molecule has 0 spiro atoms. The largest absolute Gasteiger partial charge is 0.497 e. The number of sulfonamides is 1. The molecule has 0 atom stereocenters. The standard InChI is InChI=1S/C29H39N3O5S/c1-20(2)16-30-17-24-9-7-23(8-10-24)11-12-31-29(33)25-15-27(37-19-25)18-32(5)38(34,35)28-21(3)13-26(36-6)14-22(28)4/h7-10,13-15,19-20,30H,11-12,16-18H2,1-6H3,(H,31,33). The van der Waals surface area contributed by atoms with Crippen LogP contribution in [0, 0.1) is 19.8 Å². The maximum Gasteiger partial charge on any atom is 0.254 e. The molecule has 1 heterocycles. The lowest BCUT2D eigenvalue weighted by atomic mass is 10.1. The highest BCUT2D eigenvalue weighted by atomic mass is 32.2. The first-order chi connectivity index (χ1) is 18.0. The molecule has 206 valence electrons. The molecule has 0 unspecified atom stereocenters. The Bertz CT molecular complexity index is 1310. The van der Waals surface area contributed by atoms with E-state index in [1.807, 2.05) is 0 Å². The minimum absolute atomic E-state index is 0.00109. The highest BCUT2D eigenvalue weighted by Crippen LogP contribution is 2.28. The van der Waals surface area contributed by atoms with E-state index in [1.165, 1.54) is 23.2 Å². The molecule has 3 rings (SSSR count). The Morgan fingerprint density at radius 3 is 2.29 bits per heavy atom. The number of benzene rings is 2. The quantitative estimate of drug-likeness (QED) is 0.332. The number of carbonyl (C=O) groups excluding carboxylic acids is 1. The molecular formula is C29H39N3O5S. The van der Waals surface area contributed by atoms with E-state index in [2.05, 4.69) is 48.7 Å². The normalized spacial score (nSPS) is 11.8. The van der Waals surface area contributed by atoms with Crippen LogP contribution in [0.4, 0.5) is 0 Å². The third-order valence-corrected chi connectivity index (χ3v) is 8.35. The number of methoxy groups -OCH3 is 1. The Balaban J connectivity index is 1.53. The van der Waals surface area contributed by atoms with Gasteiger partial charge in [-0.15, -0.1) is 0 Å². The number of furan rings is 1. The van der Waals surface area contributed by atoms with Gasteiger partial charge in [-0.3, -0.25) is 4.79 Å². The van der Waals surface area contributed by atoms with Crippen LogP contribution in [0.5, 0.6) is 5.75 Å². The minimum atomic E-state index is -3.78. The lowest BCUT2D eigenvalue weighted by Gasteiger charge is -2.19. The number of aryl methyl sites for hydroxylation is 2. The van der Waals surface area contributed by atoms with Crippen molar-refractivity contribution in [3.63, 3.8) is 0 Å². The molecule has 0 fully saturated rings. The van der Waals surface area contributed by atoms with Gasteiger partial charge in [-0.2, -0.15) is 4.31 Å². The van der Waals surface area contributed by atoms with E-state index in [9.17, 15) is 13.2 Å². The molecule has 1 aromatic heterocycles. The average Bonchev–Trinajstić information content (AvgIpc) is 3.32. The summed E-state index contributed by atoms with van der Waals surface area (Å²) < 4.78 is 38.5. The molecule has 0 radical (unpaired) electrons. The van der Waals surface area contributed by atoms with Crippen LogP contribution in [0.1, 0.15) is 52.2 Å². The molecule has 8 nitrogen and oxygen atoms in total. The summed E-state index contributed by atoms with van der Waals surface area (Å²) >= 11 is 0. The smallest absolute Gasteiger partial charge is 0.254 e. The number of nitrogens with zero attached hydrogens (tertiary/aromatic N) is 1. The van der Waals surface area contributed by atoms with E-state index in [0.29, 0.717) is 47.1 Å². The summed E-state index contributed by atoms with van der Waals surface area (Å²) in [6.45, 7) is 10.2. The van der Waals surface area contributed by atoms with Crippen molar-refractivity contribution in [3.05, 3.63) is 82.3 Å². The second-order valence-electron chi connectivity index (χ2n) is 10.0. The van der Waals surface area contributed by atoms with E-state index in [0.717, 1.165) is 18.7 Å². The number of amides is 1. The molecule has 0 saturated heterocycles. The van der Waals surface area contributed by atoms with Crippen molar-refractivity contribution in [2.45, 2.75) is 52.1 Å². The van der Waals surface area contributed by atoms with Gasteiger partial charge in [-0.25, -0.2) is 8.42 Å². The summed E-state index contributed by atoms with van der Waals surface area (Å²) in [7, 11) is -0.741. The zero-order chi connectivity index (χ0) is 27.9. The van der Waals surface area contributed by atoms with Crippen molar-refractivity contribution < 1.29 is 22.4 Å². The van der Waals surface area contributed by atoms with Gasteiger partial charge in [-0.05, 0) is 73.2 Å². The lowest BCUT2D eigenvalue weighted by Crippen LogP contribution is -2.28. The van der Waals surface area contributed by atoms with Gasteiger partial charge < -0.3 is 19.8 Å². The third kappa shape index (κ3) is 7.69. The fourth-order valence-corrected chi connectivity index (χ4v) is 5.77. The van der Waals surface area contributed by atoms with Gasteiger partial charge >= 0.3 is 0 Å². The first-order valence-electron chi connectivity index (χ1n) is 12.8. The topological polar surface area (TPSA) is 101 Å². The fraction of sp³-hybridized carbons (Fsp3) is 0.414. The second-order valence-corrected chi connectivity index (χ2v) is 12.0. The molecule has 38 heavy (non-hydrogen) atoms. The van der Waals surface area contributed by atoms with Gasteiger partial charge in [0.15, 0.2) is 0 Å². The molecule has 2 aromatic carbocycles. The van der Waals surface area contributed by atoms with Gasteiger partial charge in [0, 0.05) is 20.1 Å². The van der Waals surface area contributed by atoms with Crippen LogP contribution in [0.15, 0.2) is 58.0 Å². The number of carbonyl (C=O) groups is 1. The number of ether oxygens (including phenoxy) is 1. The summed E-state index contributed by atoms with van der Waals surface area (Å²) in [5.74, 6) is 1.34. The predicted octanol–water partition coefficient (Wildman–Crippen LogP) is 4.44. The van der Waals surface area contributed by atoms with Gasteiger partial charge in [0.2, 0.25) is 10.0 Å². The van der Waals surface area contributed by atoms with Crippen LogP contribution in [-0.2, 0) is 29.5 Å². The van der Waals surface area contributed by atoms with Crippen molar-refractivity contribution in [1.82, 2.24) is 14.9 Å². The summed E-state index contributed by atoms with van der Waals surface area (Å²) in [5, 5.41) is 6.33. The summed E-state index contributed by atoms with van der Waals surface area (Å²) in [4.78, 5) is 12.8. The molecule has 1 amide bonds. The summed E-state index contributed by atoms with van der Waals surface area (Å²) in [6.07, 6.45) is 2.06. The van der Waals surface area contributed by atoms with Gasteiger partial charge in [-0.1, -0.05) is 38.1 Å². The van der Waals surface area contributed by atoms with E-state index in [1.54, 1.807) is 39.2 Å². The van der Waals surface area contributed by atoms with Crippen LogP contribution >= 0.6 is 0 Å². The van der Waals surface area contributed by atoms with Crippen LogP contribution < -0.4 is 15.4 Å². The zero-order valence-corrected chi connectivity index (χ0v) is 23.9. The highest BCUT2D eigenvalue weighted by Gasteiger charge is 2.26. The Labute approximate surface area is 226 Å². The first-order valence-corrected chi connectivity index (χ1v) is 14.2.